The molecule has 1 unspecified atom stereocenters. The molecule has 0 bridgehead atoms. The Labute approximate surface area is 173 Å². The molecule has 2 rings (SSSR count). The first-order valence-corrected chi connectivity index (χ1v) is 9.38. The summed E-state index contributed by atoms with van der Waals surface area (Å²) in [5.41, 5.74) is 0.591. The third-order valence-electron chi connectivity index (χ3n) is 3.91. The lowest BCUT2D eigenvalue weighted by molar-refractivity contribution is -0.139. The first-order chi connectivity index (χ1) is 13.0. The number of rotatable bonds is 5. The second-order valence-electron chi connectivity index (χ2n) is 5.97. The van der Waals surface area contributed by atoms with E-state index in [4.69, 9.17) is 16.3 Å². The highest BCUT2D eigenvalue weighted by molar-refractivity contribution is 9.10. The number of esters is 1. The fourth-order valence-electron chi connectivity index (χ4n) is 2.56. The van der Waals surface area contributed by atoms with Crippen LogP contribution in [0.25, 0.3) is 6.08 Å². The van der Waals surface area contributed by atoms with E-state index >= 15 is 0 Å². The summed E-state index contributed by atoms with van der Waals surface area (Å²) in [6.45, 7) is 3.23. The van der Waals surface area contributed by atoms with Crippen LogP contribution >= 0.6 is 27.5 Å². The lowest BCUT2D eigenvalue weighted by Gasteiger charge is -2.18. The van der Waals surface area contributed by atoms with Gasteiger partial charge in [-0.25, -0.2) is 9.18 Å². The SMILES string of the molecule is CCOC(=O)c1ccc(/C=C/C(c2cc(C)c(F)c(Cl)c2)C(F)(F)F)cc1Br. The Bertz CT molecular complexity index is 887. The van der Waals surface area contributed by atoms with Crippen molar-refractivity contribution in [3.05, 3.63) is 74.0 Å². The van der Waals surface area contributed by atoms with E-state index in [1.807, 2.05) is 0 Å². The fraction of sp³-hybridized carbons (Fsp3) is 0.250. The van der Waals surface area contributed by atoms with Crippen LogP contribution in [0.4, 0.5) is 17.6 Å². The zero-order chi connectivity index (χ0) is 21.1. The number of hydrogen-bond acceptors (Lipinski definition) is 2. The smallest absolute Gasteiger partial charge is 0.399 e. The van der Waals surface area contributed by atoms with Crippen LogP contribution in [0.1, 0.15) is 39.9 Å². The highest BCUT2D eigenvalue weighted by Crippen LogP contribution is 2.38. The summed E-state index contributed by atoms with van der Waals surface area (Å²) in [6, 6.07) is 6.59. The Kier molecular flexibility index (Phi) is 7.28. The molecule has 0 heterocycles. The zero-order valence-corrected chi connectivity index (χ0v) is 17.3. The van der Waals surface area contributed by atoms with Gasteiger partial charge in [-0.3, -0.25) is 0 Å². The Morgan fingerprint density at radius 1 is 1.29 bits per heavy atom. The Morgan fingerprint density at radius 2 is 1.96 bits per heavy atom. The van der Waals surface area contributed by atoms with Crippen molar-refractivity contribution in [2.75, 3.05) is 6.61 Å². The monoisotopic (exact) mass is 478 g/mol. The maximum Gasteiger partial charge on any atom is 0.399 e. The molecule has 2 nitrogen and oxygen atoms in total. The van der Waals surface area contributed by atoms with Crippen molar-refractivity contribution < 1.29 is 27.1 Å². The highest BCUT2D eigenvalue weighted by atomic mass is 79.9. The molecule has 0 radical (unpaired) electrons. The standard InChI is InChI=1S/C20H16BrClF4O2/c1-3-28-19(27)14-6-4-12(9-16(14)21)5-7-15(20(24,25)26)13-8-11(2)18(23)17(22)10-13/h4-10,15H,3H2,1-2H3/b7-5+. The average molecular weight is 480 g/mol. The van der Waals surface area contributed by atoms with Gasteiger partial charge in [0.25, 0.3) is 0 Å². The molecular formula is C20H16BrClF4O2. The van der Waals surface area contributed by atoms with Gasteiger partial charge in [-0.1, -0.05) is 35.9 Å². The molecule has 0 aliphatic rings. The molecule has 28 heavy (non-hydrogen) atoms. The molecule has 0 fully saturated rings. The molecule has 0 amide bonds. The number of benzene rings is 2. The molecule has 0 saturated carbocycles. The summed E-state index contributed by atoms with van der Waals surface area (Å²) in [5, 5.41) is -0.362. The van der Waals surface area contributed by atoms with Crippen LogP contribution < -0.4 is 0 Å². The van der Waals surface area contributed by atoms with Crippen molar-refractivity contribution in [3.63, 3.8) is 0 Å². The first-order valence-electron chi connectivity index (χ1n) is 8.21. The fourth-order valence-corrected chi connectivity index (χ4v) is 3.39. The van der Waals surface area contributed by atoms with Crippen molar-refractivity contribution in [3.8, 4) is 0 Å². The maximum atomic E-state index is 13.6. The minimum Gasteiger partial charge on any atom is -0.462 e. The van der Waals surface area contributed by atoms with Gasteiger partial charge >= 0.3 is 12.1 Å². The molecule has 150 valence electrons. The van der Waals surface area contributed by atoms with Gasteiger partial charge in [0.2, 0.25) is 0 Å². The van der Waals surface area contributed by atoms with Crippen LogP contribution in [-0.4, -0.2) is 18.8 Å². The van der Waals surface area contributed by atoms with Crippen molar-refractivity contribution in [2.45, 2.75) is 25.9 Å². The molecule has 0 aromatic heterocycles. The summed E-state index contributed by atoms with van der Waals surface area (Å²) in [6.07, 6.45) is -2.34. The van der Waals surface area contributed by atoms with Crippen LogP contribution in [0.3, 0.4) is 0 Å². The summed E-state index contributed by atoms with van der Waals surface area (Å²) >= 11 is 8.93. The predicted molar refractivity (Wildman–Crippen MR) is 104 cm³/mol. The van der Waals surface area contributed by atoms with Gasteiger partial charge in [-0.05, 0) is 64.7 Å². The molecule has 0 aliphatic heterocycles. The van der Waals surface area contributed by atoms with Gasteiger partial charge in [0.05, 0.1) is 23.1 Å². The lowest BCUT2D eigenvalue weighted by atomic mass is 9.95. The second-order valence-corrected chi connectivity index (χ2v) is 7.23. The number of halogens is 6. The molecule has 8 heteroatoms. The second kappa shape index (κ2) is 9.09. The molecule has 1 atom stereocenters. The molecule has 0 aliphatic carbocycles. The van der Waals surface area contributed by atoms with E-state index in [1.54, 1.807) is 6.92 Å². The first kappa shape index (κ1) is 22.4. The minimum absolute atomic E-state index is 0.0340. The zero-order valence-electron chi connectivity index (χ0n) is 14.9. The van der Waals surface area contributed by atoms with E-state index in [0.717, 1.165) is 18.2 Å². The molecule has 0 saturated heterocycles. The third kappa shape index (κ3) is 5.35. The Hall–Kier alpha value is -1.86. The van der Waals surface area contributed by atoms with Crippen molar-refractivity contribution in [2.24, 2.45) is 0 Å². The van der Waals surface area contributed by atoms with Gasteiger partial charge in [0.15, 0.2) is 0 Å². The van der Waals surface area contributed by atoms with Gasteiger partial charge < -0.3 is 4.74 Å². The number of allylic oxidation sites excluding steroid dienone is 1. The van der Waals surface area contributed by atoms with Crippen molar-refractivity contribution in [1.82, 2.24) is 0 Å². The number of ether oxygens (including phenoxy) is 1. The largest absolute Gasteiger partial charge is 0.462 e. The van der Waals surface area contributed by atoms with Gasteiger partial charge in [0.1, 0.15) is 5.82 Å². The molecule has 0 N–H and O–H groups in total. The topological polar surface area (TPSA) is 26.3 Å². The van der Waals surface area contributed by atoms with Crippen LogP contribution in [-0.2, 0) is 4.74 Å². The average Bonchev–Trinajstić information content (AvgIpc) is 2.58. The predicted octanol–water partition coefficient (Wildman–Crippen LogP) is 7.09. The van der Waals surface area contributed by atoms with Gasteiger partial charge in [0, 0.05) is 4.47 Å². The van der Waals surface area contributed by atoms with Gasteiger partial charge in [-0.2, -0.15) is 13.2 Å². The number of alkyl halides is 3. The van der Waals surface area contributed by atoms with Crippen LogP contribution in [0, 0.1) is 12.7 Å². The van der Waals surface area contributed by atoms with E-state index in [-0.39, 0.29) is 28.3 Å². The molecular weight excluding hydrogens is 464 g/mol. The van der Waals surface area contributed by atoms with E-state index in [0.29, 0.717) is 10.0 Å². The van der Waals surface area contributed by atoms with Gasteiger partial charge in [-0.15, -0.1) is 0 Å². The lowest BCUT2D eigenvalue weighted by Crippen LogP contribution is -2.19. The number of hydrogen-bond donors (Lipinski definition) is 0. The highest BCUT2D eigenvalue weighted by Gasteiger charge is 2.39. The minimum atomic E-state index is -4.59. The van der Waals surface area contributed by atoms with E-state index < -0.39 is 23.9 Å². The van der Waals surface area contributed by atoms with Crippen molar-refractivity contribution in [1.29, 1.82) is 0 Å². The Balaban J connectivity index is 2.37. The van der Waals surface area contributed by atoms with Crippen LogP contribution in [0.15, 0.2) is 40.9 Å². The molecule has 0 spiro atoms. The van der Waals surface area contributed by atoms with Crippen LogP contribution in [0.5, 0.6) is 0 Å². The van der Waals surface area contributed by atoms with E-state index in [1.165, 1.54) is 31.2 Å². The third-order valence-corrected chi connectivity index (χ3v) is 4.84. The number of aryl methyl sites for hydroxylation is 1. The van der Waals surface area contributed by atoms with Crippen LogP contribution in [0.2, 0.25) is 5.02 Å². The number of carbonyl (C=O) groups is 1. The van der Waals surface area contributed by atoms with Crippen molar-refractivity contribution >= 4 is 39.6 Å². The molecule has 2 aromatic rings. The van der Waals surface area contributed by atoms with E-state index in [2.05, 4.69) is 15.9 Å². The summed E-state index contributed by atoms with van der Waals surface area (Å²) in [5.74, 6) is -3.24. The number of carbonyl (C=O) groups excluding carboxylic acids is 1. The summed E-state index contributed by atoms with van der Waals surface area (Å²) in [7, 11) is 0. The normalized spacial score (nSPS) is 13.0. The Morgan fingerprint density at radius 3 is 2.50 bits per heavy atom. The summed E-state index contributed by atoms with van der Waals surface area (Å²) < 4.78 is 59.6. The maximum absolute atomic E-state index is 13.6. The summed E-state index contributed by atoms with van der Waals surface area (Å²) in [4.78, 5) is 11.8. The molecule has 2 aromatic carbocycles. The quantitative estimate of drug-likeness (QED) is 0.338. The van der Waals surface area contributed by atoms with E-state index in [9.17, 15) is 22.4 Å².